The van der Waals surface area contributed by atoms with E-state index in [9.17, 15) is 0 Å². The Kier molecular flexibility index (Phi) is 4.28. The molecule has 0 aliphatic heterocycles. The van der Waals surface area contributed by atoms with Crippen molar-refractivity contribution in [1.29, 1.82) is 5.26 Å². The summed E-state index contributed by atoms with van der Waals surface area (Å²) in [5, 5.41) is 8.85. The van der Waals surface area contributed by atoms with Gasteiger partial charge in [-0.15, -0.1) is 0 Å². The third-order valence-electron chi connectivity index (χ3n) is 2.08. The summed E-state index contributed by atoms with van der Waals surface area (Å²) in [7, 11) is 0. The van der Waals surface area contributed by atoms with Crippen LogP contribution in [-0.4, -0.2) is 5.75 Å². The van der Waals surface area contributed by atoms with E-state index in [2.05, 4.69) is 13.0 Å². The zero-order chi connectivity index (χ0) is 11.3. The van der Waals surface area contributed by atoms with E-state index >= 15 is 0 Å². The van der Waals surface area contributed by atoms with E-state index in [-0.39, 0.29) is 5.41 Å². The van der Waals surface area contributed by atoms with Gasteiger partial charge in [0.25, 0.3) is 0 Å². The monoisotopic (exact) mass is 223 g/mol. The number of aryl methyl sites for hydroxylation is 1. The summed E-state index contributed by atoms with van der Waals surface area (Å²) < 4.78 is 5.58. The largest absolute Gasteiger partial charge is 0.465 e. The Balaban J connectivity index is 2.35. The minimum atomic E-state index is -0.245. The molecule has 82 valence electrons. The molecule has 0 saturated heterocycles. The maximum Gasteiger partial charge on any atom is 0.114 e. The highest BCUT2D eigenvalue weighted by molar-refractivity contribution is 7.98. The van der Waals surface area contributed by atoms with Crippen molar-refractivity contribution < 1.29 is 4.42 Å². The number of nitrogens with zero attached hydrogens (tertiary/aromatic N) is 1. The van der Waals surface area contributed by atoms with Crippen LogP contribution in [0.1, 0.15) is 32.3 Å². The standard InChI is InChI=1S/C12H17NOS/c1-4-10-5-6-11(14-10)7-15-9-12(2,3)8-13/h5-6H,4,7,9H2,1-3H3. The van der Waals surface area contributed by atoms with Gasteiger partial charge in [0.2, 0.25) is 0 Å². The maximum absolute atomic E-state index is 8.85. The summed E-state index contributed by atoms with van der Waals surface area (Å²) in [4.78, 5) is 0. The number of rotatable bonds is 5. The average molecular weight is 223 g/mol. The van der Waals surface area contributed by atoms with Crippen LogP contribution in [0.3, 0.4) is 0 Å². The number of hydrogen-bond acceptors (Lipinski definition) is 3. The Hall–Kier alpha value is -0.880. The smallest absolute Gasteiger partial charge is 0.114 e. The average Bonchev–Trinajstić information content (AvgIpc) is 2.66. The van der Waals surface area contributed by atoms with Crippen molar-refractivity contribution in [1.82, 2.24) is 0 Å². The summed E-state index contributed by atoms with van der Waals surface area (Å²) in [6, 6.07) is 6.33. The van der Waals surface area contributed by atoms with Crippen LogP contribution in [0.15, 0.2) is 16.5 Å². The molecule has 1 aromatic rings. The van der Waals surface area contributed by atoms with E-state index in [0.717, 1.165) is 29.4 Å². The predicted molar refractivity (Wildman–Crippen MR) is 63.6 cm³/mol. The molecule has 0 atom stereocenters. The molecule has 0 spiro atoms. The Morgan fingerprint density at radius 3 is 2.60 bits per heavy atom. The first-order valence-corrected chi connectivity index (χ1v) is 6.29. The molecule has 0 aliphatic carbocycles. The van der Waals surface area contributed by atoms with Gasteiger partial charge in [0.05, 0.1) is 17.2 Å². The summed E-state index contributed by atoms with van der Waals surface area (Å²) in [6.07, 6.45) is 0.939. The minimum Gasteiger partial charge on any atom is -0.465 e. The number of hydrogen-bond donors (Lipinski definition) is 0. The van der Waals surface area contributed by atoms with Gasteiger partial charge in [-0.3, -0.25) is 0 Å². The van der Waals surface area contributed by atoms with Crippen LogP contribution in [0.25, 0.3) is 0 Å². The number of thioether (sulfide) groups is 1. The van der Waals surface area contributed by atoms with Crippen LogP contribution in [0.4, 0.5) is 0 Å². The lowest BCUT2D eigenvalue weighted by molar-refractivity contribution is 0.485. The van der Waals surface area contributed by atoms with Crippen LogP contribution in [-0.2, 0) is 12.2 Å². The van der Waals surface area contributed by atoms with Gasteiger partial charge in [0, 0.05) is 12.2 Å². The van der Waals surface area contributed by atoms with E-state index in [4.69, 9.17) is 9.68 Å². The predicted octanol–water partition coefficient (Wildman–Crippen LogP) is 3.62. The lowest BCUT2D eigenvalue weighted by Gasteiger charge is -2.13. The van der Waals surface area contributed by atoms with E-state index < -0.39 is 0 Å². The van der Waals surface area contributed by atoms with E-state index in [0.29, 0.717) is 0 Å². The second-order valence-electron chi connectivity index (χ2n) is 4.21. The van der Waals surface area contributed by atoms with Gasteiger partial charge in [-0.1, -0.05) is 6.92 Å². The molecular weight excluding hydrogens is 206 g/mol. The van der Waals surface area contributed by atoms with E-state index in [1.165, 1.54) is 0 Å². The van der Waals surface area contributed by atoms with Crippen molar-refractivity contribution in [2.24, 2.45) is 5.41 Å². The summed E-state index contributed by atoms with van der Waals surface area (Å²) >= 11 is 1.75. The first-order chi connectivity index (χ1) is 7.07. The highest BCUT2D eigenvalue weighted by Gasteiger charge is 2.16. The summed E-state index contributed by atoms with van der Waals surface area (Å²) in [5.41, 5.74) is -0.245. The van der Waals surface area contributed by atoms with Crippen LogP contribution < -0.4 is 0 Å². The summed E-state index contributed by atoms with van der Waals surface area (Å²) in [6.45, 7) is 5.99. The topological polar surface area (TPSA) is 36.9 Å². The first-order valence-electron chi connectivity index (χ1n) is 5.14. The Bertz CT molecular complexity index is 349. The lowest BCUT2D eigenvalue weighted by Crippen LogP contribution is -2.11. The molecule has 0 fully saturated rings. The van der Waals surface area contributed by atoms with Gasteiger partial charge in [-0.2, -0.15) is 17.0 Å². The van der Waals surface area contributed by atoms with Crippen LogP contribution in [0, 0.1) is 16.7 Å². The highest BCUT2D eigenvalue weighted by Crippen LogP contribution is 2.24. The molecule has 0 amide bonds. The lowest BCUT2D eigenvalue weighted by atomic mass is 10.00. The zero-order valence-electron chi connectivity index (χ0n) is 9.54. The third kappa shape index (κ3) is 4.01. The molecule has 1 rings (SSSR count). The molecule has 0 aliphatic rings. The van der Waals surface area contributed by atoms with Crippen LogP contribution >= 0.6 is 11.8 Å². The van der Waals surface area contributed by atoms with Gasteiger partial charge in [0.1, 0.15) is 11.5 Å². The molecule has 0 unspecified atom stereocenters. The van der Waals surface area contributed by atoms with Gasteiger partial charge < -0.3 is 4.42 Å². The Morgan fingerprint density at radius 1 is 1.40 bits per heavy atom. The van der Waals surface area contributed by atoms with Crippen molar-refractivity contribution in [2.75, 3.05) is 5.75 Å². The molecule has 3 heteroatoms. The molecule has 1 aromatic heterocycles. The second kappa shape index (κ2) is 5.27. The maximum atomic E-state index is 8.85. The number of nitriles is 1. The van der Waals surface area contributed by atoms with E-state index in [1.54, 1.807) is 11.8 Å². The van der Waals surface area contributed by atoms with Crippen LogP contribution in [0.5, 0.6) is 0 Å². The van der Waals surface area contributed by atoms with Gasteiger partial charge in [0.15, 0.2) is 0 Å². The van der Waals surface area contributed by atoms with Gasteiger partial charge in [-0.25, -0.2) is 0 Å². The van der Waals surface area contributed by atoms with E-state index in [1.807, 2.05) is 26.0 Å². The first kappa shape index (κ1) is 12.2. The van der Waals surface area contributed by atoms with Gasteiger partial charge in [-0.05, 0) is 26.0 Å². The molecular formula is C12H17NOS. The molecule has 0 bridgehead atoms. The van der Waals surface area contributed by atoms with Gasteiger partial charge >= 0.3 is 0 Å². The molecule has 15 heavy (non-hydrogen) atoms. The highest BCUT2D eigenvalue weighted by atomic mass is 32.2. The zero-order valence-corrected chi connectivity index (χ0v) is 10.4. The Labute approximate surface area is 95.7 Å². The second-order valence-corrected chi connectivity index (χ2v) is 5.20. The quantitative estimate of drug-likeness (QED) is 0.765. The molecule has 0 saturated carbocycles. The third-order valence-corrected chi connectivity index (χ3v) is 3.49. The van der Waals surface area contributed by atoms with Crippen molar-refractivity contribution in [2.45, 2.75) is 32.9 Å². The molecule has 0 radical (unpaired) electrons. The minimum absolute atomic E-state index is 0.245. The fourth-order valence-corrected chi connectivity index (χ4v) is 2.16. The van der Waals surface area contributed by atoms with Crippen molar-refractivity contribution in [3.63, 3.8) is 0 Å². The fraction of sp³-hybridized carbons (Fsp3) is 0.583. The van der Waals surface area contributed by atoms with Crippen molar-refractivity contribution in [3.05, 3.63) is 23.7 Å². The molecule has 0 aromatic carbocycles. The summed E-state index contributed by atoms with van der Waals surface area (Å²) in [5.74, 6) is 3.73. The molecule has 2 nitrogen and oxygen atoms in total. The fourth-order valence-electron chi connectivity index (χ4n) is 1.13. The van der Waals surface area contributed by atoms with Crippen molar-refractivity contribution >= 4 is 11.8 Å². The SMILES string of the molecule is CCc1ccc(CSCC(C)(C)C#N)o1. The van der Waals surface area contributed by atoms with Crippen molar-refractivity contribution in [3.8, 4) is 6.07 Å². The number of furan rings is 1. The molecule has 1 heterocycles. The normalized spacial score (nSPS) is 11.3. The van der Waals surface area contributed by atoms with Crippen LogP contribution in [0.2, 0.25) is 0 Å². The Morgan fingerprint density at radius 2 is 2.07 bits per heavy atom. The molecule has 0 N–H and O–H groups in total.